The SMILES string of the molecule is CN(CCC(=O)O)c1ncc(Br)cc1Cl. The normalized spacial score (nSPS) is 10.1. The van der Waals surface area contributed by atoms with Gasteiger partial charge in [0.25, 0.3) is 0 Å². The smallest absolute Gasteiger partial charge is 0.305 e. The Hall–Kier alpha value is -0.810. The summed E-state index contributed by atoms with van der Waals surface area (Å²) >= 11 is 9.21. The summed E-state index contributed by atoms with van der Waals surface area (Å²) in [4.78, 5) is 16.2. The number of carboxylic acids is 1. The van der Waals surface area contributed by atoms with Gasteiger partial charge in [0.2, 0.25) is 0 Å². The fourth-order valence-electron chi connectivity index (χ4n) is 1.06. The standard InChI is InChI=1S/C9H10BrClN2O2/c1-13(3-2-8(14)15)9-7(11)4-6(10)5-12-9/h4-5H,2-3H2,1H3,(H,14,15). The Morgan fingerprint density at radius 3 is 2.93 bits per heavy atom. The van der Waals surface area contributed by atoms with E-state index in [4.69, 9.17) is 16.7 Å². The number of aliphatic carboxylic acids is 1. The molecule has 0 saturated heterocycles. The zero-order valence-electron chi connectivity index (χ0n) is 8.07. The van der Waals surface area contributed by atoms with Crippen LogP contribution >= 0.6 is 27.5 Å². The third-order valence-corrected chi connectivity index (χ3v) is 2.52. The van der Waals surface area contributed by atoms with Crippen LogP contribution in [0.3, 0.4) is 0 Å². The van der Waals surface area contributed by atoms with Crippen LogP contribution in [0.2, 0.25) is 5.02 Å². The number of rotatable bonds is 4. The van der Waals surface area contributed by atoms with Gasteiger partial charge >= 0.3 is 5.97 Å². The van der Waals surface area contributed by atoms with Crippen molar-refractivity contribution in [2.24, 2.45) is 0 Å². The van der Waals surface area contributed by atoms with Crippen molar-refractivity contribution >= 4 is 39.3 Å². The summed E-state index contributed by atoms with van der Waals surface area (Å²) < 4.78 is 0.794. The lowest BCUT2D eigenvalue weighted by Crippen LogP contribution is -2.22. The van der Waals surface area contributed by atoms with Gasteiger partial charge in [-0.25, -0.2) is 4.98 Å². The minimum Gasteiger partial charge on any atom is -0.481 e. The number of aromatic nitrogens is 1. The van der Waals surface area contributed by atoms with Crippen molar-refractivity contribution < 1.29 is 9.90 Å². The van der Waals surface area contributed by atoms with E-state index in [1.165, 1.54) is 0 Å². The van der Waals surface area contributed by atoms with Crippen molar-refractivity contribution in [3.05, 3.63) is 21.8 Å². The van der Waals surface area contributed by atoms with Crippen LogP contribution in [0.15, 0.2) is 16.7 Å². The lowest BCUT2D eigenvalue weighted by Gasteiger charge is -2.18. The Morgan fingerprint density at radius 1 is 1.73 bits per heavy atom. The highest BCUT2D eigenvalue weighted by molar-refractivity contribution is 9.10. The summed E-state index contributed by atoms with van der Waals surface area (Å²) in [6.45, 7) is 0.379. The lowest BCUT2D eigenvalue weighted by atomic mass is 10.3. The number of hydrogen-bond donors (Lipinski definition) is 1. The summed E-state index contributed by atoms with van der Waals surface area (Å²) in [6.07, 6.45) is 1.68. The number of pyridine rings is 1. The largest absolute Gasteiger partial charge is 0.481 e. The van der Waals surface area contributed by atoms with Gasteiger partial charge in [-0.15, -0.1) is 0 Å². The van der Waals surface area contributed by atoms with E-state index in [1.807, 2.05) is 0 Å². The molecule has 0 unspecified atom stereocenters. The first kappa shape index (κ1) is 12.3. The Balaban J connectivity index is 2.73. The van der Waals surface area contributed by atoms with Gasteiger partial charge in [-0.1, -0.05) is 11.6 Å². The number of carbonyl (C=O) groups is 1. The average molecular weight is 294 g/mol. The van der Waals surface area contributed by atoms with Gasteiger partial charge in [0, 0.05) is 24.3 Å². The third-order valence-electron chi connectivity index (χ3n) is 1.81. The minimum atomic E-state index is -0.838. The highest BCUT2D eigenvalue weighted by atomic mass is 79.9. The maximum atomic E-state index is 10.4. The van der Waals surface area contributed by atoms with Crippen LogP contribution in [0.25, 0.3) is 0 Å². The van der Waals surface area contributed by atoms with Crippen molar-refractivity contribution in [1.82, 2.24) is 4.98 Å². The molecule has 0 spiro atoms. The first-order valence-corrected chi connectivity index (χ1v) is 5.42. The highest BCUT2D eigenvalue weighted by Crippen LogP contribution is 2.25. The molecule has 82 valence electrons. The van der Waals surface area contributed by atoms with Crippen LogP contribution in [-0.2, 0) is 4.79 Å². The Bertz CT molecular complexity index is 373. The van der Waals surface area contributed by atoms with Gasteiger partial charge in [0.05, 0.1) is 11.4 Å². The predicted molar refractivity (Wildman–Crippen MR) is 62.5 cm³/mol. The molecule has 1 N–H and O–H groups in total. The van der Waals surface area contributed by atoms with Crippen molar-refractivity contribution in [3.63, 3.8) is 0 Å². The molecule has 0 aromatic carbocycles. The van der Waals surface area contributed by atoms with Gasteiger partial charge in [0.15, 0.2) is 0 Å². The Morgan fingerprint density at radius 2 is 2.40 bits per heavy atom. The third kappa shape index (κ3) is 3.68. The van der Waals surface area contributed by atoms with Gasteiger partial charge in [0.1, 0.15) is 5.82 Å². The molecular formula is C9H10BrClN2O2. The van der Waals surface area contributed by atoms with E-state index in [0.717, 1.165) is 4.47 Å². The number of halogens is 2. The maximum Gasteiger partial charge on any atom is 0.305 e. The molecule has 0 saturated carbocycles. The molecule has 0 fully saturated rings. The van der Waals surface area contributed by atoms with E-state index in [2.05, 4.69) is 20.9 Å². The van der Waals surface area contributed by atoms with E-state index in [-0.39, 0.29) is 6.42 Å². The molecule has 0 aliphatic heterocycles. The molecule has 1 aromatic heterocycles. The van der Waals surface area contributed by atoms with E-state index in [1.54, 1.807) is 24.2 Å². The second-order valence-corrected chi connectivity index (χ2v) is 4.35. The van der Waals surface area contributed by atoms with Crippen molar-refractivity contribution in [1.29, 1.82) is 0 Å². The first-order valence-electron chi connectivity index (χ1n) is 4.24. The van der Waals surface area contributed by atoms with Gasteiger partial charge in [-0.3, -0.25) is 4.79 Å². The molecule has 1 aromatic rings. The molecule has 15 heavy (non-hydrogen) atoms. The highest BCUT2D eigenvalue weighted by Gasteiger charge is 2.09. The van der Waals surface area contributed by atoms with E-state index in [9.17, 15) is 4.79 Å². The summed E-state index contributed by atoms with van der Waals surface area (Å²) in [5.74, 6) is -0.254. The molecule has 4 nitrogen and oxygen atoms in total. The van der Waals surface area contributed by atoms with Crippen LogP contribution in [0.1, 0.15) is 6.42 Å². The van der Waals surface area contributed by atoms with Gasteiger partial charge < -0.3 is 10.0 Å². The second kappa shape index (κ2) is 5.32. The molecule has 0 radical (unpaired) electrons. The van der Waals surface area contributed by atoms with Gasteiger partial charge in [-0.05, 0) is 22.0 Å². The van der Waals surface area contributed by atoms with Crippen LogP contribution < -0.4 is 4.90 Å². The van der Waals surface area contributed by atoms with Gasteiger partial charge in [-0.2, -0.15) is 0 Å². The molecule has 0 aliphatic rings. The number of anilines is 1. The number of carboxylic acid groups (broad SMARTS) is 1. The Labute approximate surface area is 101 Å². The summed E-state index contributed by atoms with van der Waals surface area (Å²) in [6, 6.07) is 1.72. The average Bonchev–Trinajstić information content (AvgIpc) is 2.14. The molecule has 6 heteroatoms. The molecular weight excluding hydrogens is 283 g/mol. The molecule has 1 heterocycles. The maximum absolute atomic E-state index is 10.4. The molecule has 0 atom stereocenters. The van der Waals surface area contributed by atoms with E-state index < -0.39 is 5.97 Å². The molecule has 1 rings (SSSR count). The monoisotopic (exact) mass is 292 g/mol. The predicted octanol–water partition coefficient (Wildman–Crippen LogP) is 2.41. The summed E-state index contributed by atoms with van der Waals surface area (Å²) in [5, 5.41) is 9.03. The van der Waals surface area contributed by atoms with Crippen LogP contribution in [0.5, 0.6) is 0 Å². The minimum absolute atomic E-state index is 0.0601. The summed E-state index contributed by atoms with van der Waals surface area (Å²) in [7, 11) is 1.76. The quantitative estimate of drug-likeness (QED) is 0.926. The second-order valence-electron chi connectivity index (χ2n) is 3.02. The van der Waals surface area contributed by atoms with E-state index in [0.29, 0.717) is 17.4 Å². The Kier molecular flexibility index (Phi) is 4.35. The molecule has 0 amide bonds. The van der Waals surface area contributed by atoms with Crippen LogP contribution in [0, 0.1) is 0 Å². The lowest BCUT2D eigenvalue weighted by molar-refractivity contribution is -0.136. The first-order chi connectivity index (χ1) is 7.00. The van der Waals surface area contributed by atoms with Crippen molar-refractivity contribution in [2.45, 2.75) is 6.42 Å². The number of hydrogen-bond acceptors (Lipinski definition) is 3. The van der Waals surface area contributed by atoms with Crippen molar-refractivity contribution in [2.75, 3.05) is 18.5 Å². The fourth-order valence-corrected chi connectivity index (χ4v) is 1.83. The van der Waals surface area contributed by atoms with Crippen LogP contribution in [0.4, 0.5) is 5.82 Å². The summed E-state index contributed by atoms with van der Waals surface area (Å²) in [5.41, 5.74) is 0. The zero-order valence-corrected chi connectivity index (χ0v) is 10.4. The molecule has 0 bridgehead atoms. The zero-order chi connectivity index (χ0) is 11.4. The topological polar surface area (TPSA) is 53.4 Å². The van der Waals surface area contributed by atoms with Crippen molar-refractivity contribution in [3.8, 4) is 0 Å². The van der Waals surface area contributed by atoms with E-state index >= 15 is 0 Å². The van der Waals surface area contributed by atoms with Crippen LogP contribution in [-0.4, -0.2) is 29.7 Å². The number of nitrogens with zero attached hydrogens (tertiary/aromatic N) is 2. The fraction of sp³-hybridized carbons (Fsp3) is 0.333. The molecule has 0 aliphatic carbocycles.